The highest BCUT2D eigenvalue weighted by Gasteiger charge is 2.28. The molecule has 0 unspecified atom stereocenters. The predicted octanol–water partition coefficient (Wildman–Crippen LogP) is 2.11. The van der Waals surface area contributed by atoms with Gasteiger partial charge < -0.3 is 10.5 Å². The molecule has 1 saturated heterocycles. The zero-order valence-electron chi connectivity index (χ0n) is 12.5. The van der Waals surface area contributed by atoms with Crippen LogP contribution in [-0.2, 0) is 0 Å². The van der Waals surface area contributed by atoms with E-state index < -0.39 is 0 Å². The summed E-state index contributed by atoms with van der Waals surface area (Å²) in [5.41, 5.74) is 6.79. The second-order valence-corrected chi connectivity index (χ2v) is 6.07. The van der Waals surface area contributed by atoms with Crippen molar-refractivity contribution in [3.05, 3.63) is 29.8 Å². The van der Waals surface area contributed by atoms with Gasteiger partial charge in [0.05, 0.1) is 6.54 Å². The molecule has 3 nitrogen and oxygen atoms in total. The van der Waals surface area contributed by atoms with Crippen LogP contribution in [0.4, 0.5) is 0 Å². The van der Waals surface area contributed by atoms with E-state index in [0.717, 1.165) is 24.5 Å². The summed E-state index contributed by atoms with van der Waals surface area (Å²) in [5, 5.41) is 0. The Hall–Kier alpha value is -1.50. The van der Waals surface area contributed by atoms with Crippen molar-refractivity contribution in [1.82, 2.24) is 4.90 Å². The zero-order valence-corrected chi connectivity index (χ0v) is 12.5. The molecule has 0 bridgehead atoms. The largest absolute Gasteiger partial charge is 0.492 e. The molecule has 0 radical (unpaired) electrons. The van der Waals surface area contributed by atoms with Crippen LogP contribution in [0.2, 0.25) is 0 Å². The minimum Gasteiger partial charge on any atom is -0.492 e. The number of benzene rings is 1. The molecule has 2 N–H and O–H groups in total. The lowest BCUT2D eigenvalue weighted by Crippen LogP contribution is -2.27. The molecule has 2 rings (SSSR count). The van der Waals surface area contributed by atoms with Crippen molar-refractivity contribution in [2.45, 2.75) is 20.3 Å². The Kier molecular flexibility index (Phi) is 5.05. The second kappa shape index (κ2) is 6.78. The lowest BCUT2D eigenvalue weighted by Gasteiger charge is -2.19. The Bertz CT molecular complexity index is 482. The molecule has 20 heavy (non-hydrogen) atoms. The Morgan fingerprint density at radius 3 is 2.65 bits per heavy atom. The van der Waals surface area contributed by atoms with Crippen LogP contribution in [-0.4, -0.2) is 37.7 Å². The Morgan fingerprint density at radius 1 is 1.30 bits per heavy atom. The van der Waals surface area contributed by atoms with E-state index in [9.17, 15) is 0 Å². The molecular formula is C17H24N2O. The van der Waals surface area contributed by atoms with E-state index in [2.05, 4.69) is 30.6 Å². The molecule has 0 saturated carbocycles. The van der Waals surface area contributed by atoms with Crippen molar-refractivity contribution in [2.24, 2.45) is 11.1 Å². The molecule has 3 heteroatoms. The summed E-state index contributed by atoms with van der Waals surface area (Å²) < 4.78 is 5.78. The number of likely N-dealkylation sites (tertiary alicyclic amines) is 1. The third kappa shape index (κ3) is 4.56. The molecule has 1 heterocycles. The van der Waals surface area contributed by atoms with Crippen molar-refractivity contribution in [3.63, 3.8) is 0 Å². The molecule has 1 aliphatic heterocycles. The topological polar surface area (TPSA) is 38.5 Å². The second-order valence-electron chi connectivity index (χ2n) is 6.07. The third-order valence-corrected chi connectivity index (χ3v) is 3.62. The van der Waals surface area contributed by atoms with Crippen LogP contribution in [0.1, 0.15) is 25.8 Å². The van der Waals surface area contributed by atoms with E-state index in [-0.39, 0.29) is 0 Å². The maximum Gasteiger partial charge on any atom is 0.119 e. The van der Waals surface area contributed by atoms with Gasteiger partial charge in [-0.15, -0.1) is 0 Å². The summed E-state index contributed by atoms with van der Waals surface area (Å²) in [5.74, 6) is 6.75. The van der Waals surface area contributed by atoms with E-state index in [0.29, 0.717) is 12.0 Å². The average Bonchev–Trinajstić information content (AvgIpc) is 2.77. The summed E-state index contributed by atoms with van der Waals surface area (Å²) in [6, 6.07) is 7.87. The number of nitrogens with zero attached hydrogens (tertiary/aromatic N) is 1. The summed E-state index contributed by atoms with van der Waals surface area (Å²) in [4.78, 5) is 2.47. The minimum atomic E-state index is 0.393. The minimum absolute atomic E-state index is 0.393. The van der Waals surface area contributed by atoms with Crippen LogP contribution in [0.5, 0.6) is 5.75 Å². The summed E-state index contributed by atoms with van der Waals surface area (Å²) >= 11 is 0. The van der Waals surface area contributed by atoms with Crippen LogP contribution < -0.4 is 10.5 Å². The Labute approximate surface area is 122 Å². The maximum absolute atomic E-state index is 5.78. The van der Waals surface area contributed by atoms with Crippen molar-refractivity contribution in [2.75, 3.05) is 32.8 Å². The van der Waals surface area contributed by atoms with Crippen LogP contribution in [0.3, 0.4) is 0 Å². The number of nitrogens with two attached hydrogens (primary N) is 1. The van der Waals surface area contributed by atoms with Gasteiger partial charge in [-0.1, -0.05) is 25.7 Å². The van der Waals surface area contributed by atoms with E-state index in [1.807, 2.05) is 24.3 Å². The first kappa shape index (κ1) is 14.9. The number of ether oxygens (including phenoxy) is 1. The summed E-state index contributed by atoms with van der Waals surface area (Å²) in [6.45, 7) is 9.14. The van der Waals surface area contributed by atoms with E-state index >= 15 is 0 Å². The highest BCUT2D eigenvalue weighted by atomic mass is 16.5. The first-order valence-electron chi connectivity index (χ1n) is 7.23. The van der Waals surface area contributed by atoms with Gasteiger partial charge in [0.2, 0.25) is 0 Å². The molecule has 1 aromatic carbocycles. The molecule has 1 aliphatic rings. The first-order valence-corrected chi connectivity index (χ1v) is 7.23. The molecule has 0 atom stereocenters. The fourth-order valence-electron chi connectivity index (χ4n) is 2.50. The highest BCUT2D eigenvalue weighted by Crippen LogP contribution is 2.28. The Morgan fingerprint density at radius 2 is 2.05 bits per heavy atom. The normalized spacial score (nSPS) is 17.6. The number of hydrogen-bond acceptors (Lipinski definition) is 3. The molecule has 1 fully saturated rings. The molecule has 0 amide bonds. The standard InChI is InChI=1S/C17H24N2O/c1-17(2)9-11-19(14-17)12-13-20-16-7-5-15(6-8-16)4-3-10-18/h5-8H,9-14,18H2,1-2H3. The summed E-state index contributed by atoms with van der Waals surface area (Å²) in [6.07, 6.45) is 1.28. The van der Waals surface area contributed by atoms with E-state index in [4.69, 9.17) is 10.5 Å². The maximum atomic E-state index is 5.78. The SMILES string of the molecule is CC1(C)CCN(CCOc2ccc(C#CCN)cc2)C1. The van der Waals surface area contributed by atoms with Crippen LogP contribution in [0.25, 0.3) is 0 Å². The molecule has 0 aliphatic carbocycles. The molecular weight excluding hydrogens is 248 g/mol. The lowest BCUT2D eigenvalue weighted by molar-refractivity contribution is 0.222. The summed E-state index contributed by atoms with van der Waals surface area (Å²) in [7, 11) is 0. The number of rotatable bonds is 4. The van der Waals surface area contributed by atoms with E-state index in [1.54, 1.807) is 0 Å². The quantitative estimate of drug-likeness (QED) is 0.853. The van der Waals surface area contributed by atoms with Crippen LogP contribution in [0.15, 0.2) is 24.3 Å². The van der Waals surface area contributed by atoms with Gasteiger partial charge in [0.1, 0.15) is 12.4 Å². The van der Waals surface area contributed by atoms with Crippen molar-refractivity contribution < 1.29 is 4.74 Å². The van der Waals surface area contributed by atoms with Gasteiger partial charge in [0.15, 0.2) is 0 Å². The van der Waals surface area contributed by atoms with Gasteiger partial charge in [-0.05, 0) is 42.6 Å². The van der Waals surface area contributed by atoms with Gasteiger partial charge in [-0.2, -0.15) is 0 Å². The van der Waals surface area contributed by atoms with Gasteiger partial charge >= 0.3 is 0 Å². The average molecular weight is 272 g/mol. The fourth-order valence-corrected chi connectivity index (χ4v) is 2.50. The molecule has 1 aromatic rings. The molecule has 0 spiro atoms. The van der Waals surface area contributed by atoms with Crippen molar-refractivity contribution in [1.29, 1.82) is 0 Å². The Balaban J connectivity index is 1.74. The first-order chi connectivity index (χ1) is 9.59. The number of hydrogen-bond donors (Lipinski definition) is 1. The van der Waals surface area contributed by atoms with Gasteiger partial charge in [0.25, 0.3) is 0 Å². The zero-order chi connectivity index (χ0) is 14.4. The smallest absolute Gasteiger partial charge is 0.119 e. The lowest BCUT2D eigenvalue weighted by atomic mass is 9.93. The van der Waals surface area contributed by atoms with Gasteiger partial charge in [-0.25, -0.2) is 0 Å². The molecule has 0 aromatic heterocycles. The third-order valence-electron chi connectivity index (χ3n) is 3.62. The van der Waals surface area contributed by atoms with Gasteiger partial charge in [-0.3, -0.25) is 4.90 Å². The van der Waals surface area contributed by atoms with Gasteiger partial charge in [0, 0.05) is 18.7 Å². The van der Waals surface area contributed by atoms with E-state index in [1.165, 1.54) is 19.5 Å². The van der Waals surface area contributed by atoms with Crippen molar-refractivity contribution >= 4 is 0 Å². The highest BCUT2D eigenvalue weighted by molar-refractivity contribution is 5.38. The fraction of sp³-hybridized carbons (Fsp3) is 0.529. The monoisotopic (exact) mass is 272 g/mol. The van der Waals surface area contributed by atoms with Crippen molar-refractivity contribution in [3.8, 4) is 17.6 Å². The predicted molar refractivity (Wildman–Crippen MR) is 82.7 cm³/mol. The van der Waals surface area contributed by atoms with Crippen LogP contribution >= 0.6 is 0 Å². The van der Waals surface area contributed by atoms with Crippen LogP contribution in [0, 0.1) is 17.3 Å². The molecule has 108 valence electrons.